The molecule has 7 aromatic carbocycles. The Hall–Kier alpha value is -4.65. The Labute approximate surface area is 283 Å². The molecule has 0 aliphatic carbocycles. The zero-order valence-electron chi connectivity index (χ0n) is 27.6. The van der Waals surface area contributed by atoms with E-state index >= 15 is 0 Å². The summed E-state index contributed by atoms with van der Waals surface area (Å²) in [5.74, 6) is 0. The van der Waals surface area contributed by atoms with E-state index in [1.54, 1.807) is 0 Å². The first kappa shape index (κ1) is 30.7. The van der Waals surface area contributed by atoms with E-state index < -0.39 is 16.1 Å². The largest absolute Gasteiger partial charge is 0.407 e. The fourth-order valence-corrected chi connectivity index (χ4v) is 11.0. The Kier molecular flexibility index (Phi) is 8.15. The van der Waals surface area contributed by atoms with Crippen molar-refractivity contribution >= 4 is 75.5 Å². The third kappa shape index (κ3) is 5.33. The average Bonchev–Trinajstić information content (AvgIpc) is 3.32. The van der Waals surface area contributed by atoms with Gasteiger partial charge in [0, 0.05) is 23.9 Å². The van der Waals surface area contributed by atoms with Crippen LogP contribution in [0.25, 0.3) is 43.5 Å². The maximum Gasteiger partial charge on any atom is 0.310 e. The minimum atomic E-state index is -1.54. The molecule has 0 saturated heterocycles. The fourth-order valence-electron chi connectivity index (χ4n) is 6.94. The zero-order valence-corrected chi connectivity index (χ0v) is 29.4. The molecule has 0 bridgehead atoms. The first-order valence-electron chi connectivity index (χ1n) is 16.4. The van der Waals surface area contributed by atoms with Crippen molar-refractivity contribution in [2.24, 2.45) is 0 Å². The third-order valence-corrected chi connectivity index (χ3v) is 13.5. The van der Waals surface area contributed by atoms with Crippen LogP contribution in [-0.4, -0.2) is 7.05 Å². The van der Waals surface area contributed by atoms with Crippen molar-refractivity contribution in [3.63, 3.8) is 0 Å². The summed E-state index contributed by atoms with van der Waals surface area (Å²) in [5.41, 5.74) is 5.30. The molecule has 3 nitrogen and oxygen atoms in total. The van der Waals surface area contributed by atoms with Crippen molar-refractivity contribution < 1.29 is 8.39 Å². The van der Waals surface area contributed by atoms with Crippen LogP contribution in [0.4, 0.5) is 0 Å². The molecular weight excluding hydrogens is 624 g/mol. The highest BCUT2D eigenvalue weighted by molar-refractivity contribution is 7.79. The summed E-state index contributed by atoms with van der Waals surface area (Å²) in [6.45, 7) is 6.60. The van der Waals surface area contributed by atoms with Gasteiger partial charge < -0.3 is 8.39 Å². The smallest absolute Gasteiger partial charge is 0.310 e. The van der Waals surface area contributed by atoms with Gasteiger partial charge in [0.2, 0.25) is 0 Å². The fraction of sp³-hybridized carbons (Fsp3) is 0.116. The van der Waals surface area contributed by atoms with Crippen LogP contribution in [0.5, 0.6) is 0 Å². The molecule has 0 fully saturated rings. The standard InChI is InChI=1S/C43H37NO2P2/c1-29-27-32-17-11-13-24-37(32)40-41-38-25-14-12-18-33(38)28-30(2)43(41)46-48(45-42(29)40)44(4)31(3)36-23-15-16-26-39(36)47(34-19-7-5-8-20-34)35-21-9-6-10-22-35/h5-28,31H,1-4H3/t31-/m0/s1. The van der Waals surface area contributed by atoms with Crippen LogP contribution < -0.4 is 20.6 Å². The maximum atomic E-state index is 7.13. The summed E-state index contributed by atoms with van der Waals surface area (Å²) in [5, 5.41) is 11.0. The number of hydrogen-bond donors (Lipinski definition) is 0. The monoisotopic (exact) mass is 661 g/mol. The van der Waals surface area contributed by atoms with Crippen molar-refractivity contribution in [3.8, 4) is 0 Å². The lowest BCUT2D eigenvalue weighted by molar-refractivity contribution is 0.611. The van der Waals surface area contributed by atoms with E-state index in [0.717, 1.165) is 33.1 Å². The summed E-state index contributed by atoms with van der Waals surface area (Å²) in [7, 11) is -0.170. The molecule has 1 heterocycles. The van der Waals surface area contributed by atoms with Crippen molar-refractivity contribution in [2.45, 2.75) is 26.8 Å². The van der Waals surface area contributed by atoms with Crippen LogP contribution in [0.15, 0.2) is 154 Å². The predicted octanol–water partition coefficient (Wildman–Crippen LogP) is 11.3. The van der Waals surface area contributed by atoms with Gasteiger partial charge in [-0.3, -0.25) is 0 Å². The van der Waals surface area contributed by atoms with E-state index in [4.69, 9.17) is 8.39 Å². The summed E-state index contributed by atoms with van der Waals surface area (Å²) in [6.07, 6.45) is 0. The van der Waals surface area contributed by atoms with E-state index in [-0.39, 0.29) is 6.04 Å². The van der Waals surface area contributed by atoms with E-state index in [0.29, 0.717) is 0 Å². The second-order valence-electron chi connectivity index (χ2n) is 12.5. The second kappa shape index (κ2) is 12.8. The number of rotatable bonds is 6. The Bertz CT molecular complexity index is 2330. The highest BCUT2D eigenvalue weighted by atomic mass is 31.1. The minimum Gasteiger partial charge on any atom is -0.407 e. The number of hydrogen-bond acceptors (Lipinski definition) is 3. The topological polar surface area (TPSA) is 29.5 Å². The van der Waals surface area contributed by atoms with Crippen LogP contribution in [-0.2, 0) is 0 Å². The molecule has 5 heteroatoms. The zero-order chi connectivity index (χ0) is 32.8. The van der Waals surface area contributed by atoms with Gasteiger partial charge in [-0.05, 0) is 95.0 Å². The second-order valence-corrected chi connectivity index (χ2v) is 16.1. The summed E-state index contributed by atoms with van der Waals surface area (Å²) < 4.78 is 16.6. The van der Waals surface area contributed by atoms with Crippen molar-refractivity contribution in [1.82, 2.24) is 0 Å². The first-order chi connectivity index (χ1) is 23.5. The molecule has 8 rings (SSSR count). The lowest BCUT2D eigenvalue weighted by atomic mass is 9.95. The minimum absolute atomic E-state index is 0.0104. The lowest BCUT2D eigenvalue weighted by Gasteiger charge is -2.28. The summed E-state index contributed by atoms with van der Waals surface area (Å²) in [6, 6.07) is 52.5. The normalized spacial score (nSPS) is 12.5. The van der Waals surface area contributed by atoms with Crippen LogP contribution in [0, 0.1) is 13.8 Å². The van der Waals surface area contributed by atoms with Crippen LogP contribution in [0.3, 0.4) is 0 Å². The molecule has 0 aliphatic heterocycles. The molecule has 0 unspecified atom stereocenters. The average molecular weight is 662 g/mol. The van der Waals surface area contributed by atoms with E-state index in [1.165, 1.54) is 43.0 Å². The van der Waals surface area contributed by atoms with Crippen LogP contribution >= 0.6 is 16.1 Å². The Morgan fingerprint density at radius 1 is 0.562 bits per heavy atom. The molecule has 48 heavy (non-hydrogen) atoms. The third-order valence-electron chi connectivity index (χ3n) is 9.44. The lowest BCUT2D eigenvalue weighted by Crippen LogP contribution is -2.28. The predicted molar refractivity (Wildman–Crippen MR) is 209 cm³/mol. The molecule has 0 aliphatic rings. The number of benzene rings is 7. The SMILES string of the molecule is Cc1cc2ccccc2c2c1op(N(C)[C@@H](C)c1ccccc1P(c1ccccc1)c1ccccc1)oc1c(C)cc3ccccc3c12. The molecule has 236 valence electrons. The van der Waals surface area contributed by atoms with Gasteiger partial charge in [0.1, 0.15) is 11.2 Å². The molecule has 1 atom stereocenters. The van der Waals surface area contributed by atoms with Crippen LogP contribution in [0.1, 0.15) is 29.7 Å². The number of nitrogens with zero attached hydrogens (tertiary/aromatic N) is 1. The molecule has 0 amide bonds. The first-order valence-corrected chi connectivity index (χ1v) is 18.9. The Balaban J connectivity index is 1.38. The van der Waals surface area contributed by atoms with Gasteiger partial charge in [0.05, 0.1) is 0 Å². The molecule has 8 aromatic rings. The van der Waals surface area contributed by atoms with Crippen LogP contribution in [0.2, 0.25) is 0 Å². The molecule has 0 N–H and O–H groups in total. The molecule has 0 spiro atoms. The molecule has 1 aromatic heterocycles. The molecule has 0 radical (unpaired) electrons. The van der Waals surface area contributed by atoms with Crippen molar-refractivity contribution in [3.05, 3.63) is 162 Å². The van der Waals surface area contributed by atoms with Crippen molar-refractivity contribution in [1.29, 1.82) is 0 Å². The number of fused-ring (bicyclic) bond motifs is 7. The Morgan fingerprint density at radius 2 is 1.00 bits per heavy atom. The highest BCUT2D eigenvalue weighted by Gasteiger charge is 2.26. The van der Waals surface area contributed by atoms with Gasteiger partial charge in [-0.25, -0.2) is 0 Å². The summed E-state index contributed by atoms with van der Waals surface area (Å²) >= 11 is 0. The van der Waals surface area contributed by atoms with E-state index in [9.17, 15) is 0 Å². The van der Waals surface area contributed by atoms with Gasteiger partial charge in [-0.1, -0.05) is 133 Å². The molecule has 0 saturated carbocycles. The van der Waals surface area contributed by atoms with Crippen molar-refractivity contribution in [2.75, 3.05) is 11.7 Å². The highest BCUT2D eigenvalue weighted by Crippen LogP contribution is 2.46. The van der Waals surface area contributed by atoms with Gasteiger partial charge in [-0.15, -0.1) is 0 Å². The van der Waals surface area contributed by atoms with E-state index in [1.807, 2.05) is 0 Å². The van der Waals surface area contributed by atoms with Gasteiger partial charge in [0.25, 0.3) is 0 Å². The van der Waals surface area contributed by atoms with Gasteiger partial charge >= 0.3 is 8.16 Å². The van der Waals surface area contributed by atoms with E-state index in [2.05, 4.69) is 178 Å². The quantitative estimate of drug-likeness (QED) is 0.166. The van der Waals surface area contributed by atoms with Gasteiger partial charge in [0.15, 0.2) is 0 Å². The Morgan fingerprint density at radius 3 is 1.52 bits per heavy atom. The summed E-state index contributed by atoms with van der Waals surface area (Å²) in [4.78, 5) is 0. The number of aryl methyl sites for hydroxylation is 2. The molecular formula is C43H37NO2P2. The maximum absolute atomic E-state index is 7.13. The van der Waals surface area contributed by atoms with Gasteiger partial charge in [-0.2, -0.15) is 4.67 Å².